The number of amides is 1. The van der Waals surface area contributed by atoms with Crippen LogP contribution in [0.15, 0.2) is 29.8 Å². The monoisotopic (exact) mass is 346 g/mol. The van der Waals surface area contributed by atoms with Crippen LogP contribution >= 0.6 is 11.3 Å². The van der Waals surface area contributed by atoms with E-state index in [1.807, 2.05) is 25.1 Å². The van der Waals surface area contributed by atoms with Gasteiger partial charge in [0.15, 0.2) is 0 Å². The summed E-state index contributed by atoms with van der Waals surface area (Å²) in [5.41, 5.74) is 1.78. The Balaban J connectivity index is 1.47. The van der Waals surface area contributed by atoms with Crippen LogP contribution in [0.2, 0.25) is 0 Å². The molecule has 0 aromatic carbocycles. The molecule has 0 unspecified atom stereocenters. The Bertz CT molecular complexity index is 676. The number of rotatable bonds is 5. The van der Waals surface area contributed by atoms with Crippen molar-refractivity contribution in [3.8, 4) is 0 Å². The number of thiazole rings is 1. The SMILES string of the molecule is Cc1nc(CN2CC[C@@H](NC(=O)Cc3ccccn3)[C@H](O)C2)cs1. The Hall–Kier alpha value is -1.83. The minimum absolute atomic E-state index is 0.0960. The van der Waals surface area contributed by atoms with Gasteiger partial charge in [0.25, 0.3) is 0 Å². The molecule has 0 radical (unpaired) electrons. The summed E-state index contributed by atoms with van der Waals surface area (Å²) in [6, 6.07) is 5.32. The molecule has 2 N–H and O–H groups in total. The summed E-state index contributed by atoms with van der Waals surface area (Å²) in [4.78, 5) is 22.9. The number of pyridine rings is 1. The first-order valence-corrected chi connectivity index (χ1v) is 8.99. The molecular weight excluding hydrogens is 324 g/mol. The quantitative estimate of drug-likeness (QED) is 0.849. The summed E-state index contributed by atoms with van der Waals surface area (Å²) in [6.07, 6.45) is 2.09. The fourth-order valence-corrected chi connectivity index (χ4v) is 3.55. The molecule has 2 aromatic rings. The molecule has 1 aliphatic rings. The first kappa shape index (κ1) is 17.0. The maximum Gasteiger partial charge on any atom is 0.226 e. The molecule has 7 heteroatoms. The second-order valence-electron chi connectivity index (χ2n) is 6.12. The maximum absolute atomic E-state index is 12.1. The van der Waals surface area contributed by atoms with Crippen molar-refractivity contribution >= 4 is 17.2 Å². The van der Waals surface area contributed by atoms with Gasteiger partial charge in [-0.3, -0.25) is 14.7 Å². The van der Waals surface area contributed by atoms with Crippen LogP contribution in [0, 0.1) is 6.92 Å². The summed E-state index contributed by atoms with van der Waals surface area (Å²) in [7, 11) is 0. The third-order valence-electron chi connectivity index (χ3n) is 4.13. The third kappa shape index (κ3) is 4.59. The number of hydrogen-bond donors (Lipinski definition) is 2. The molecule has 6 nitrogen and oxygen atoms in total. The minimum atomic E-state index is -0.564. The van der Waals surface area contributed by atoms with Crippen LogP contribution in [0.25, 0.3) is 0 Å². The highest BCUT2D eigenvalue weighted by molar-refractivity contribution is 7.09. The van der Waals surface area contributed by atoms with E-state index in [2.05, 4.69) is 25.6 Å². The zero-order valence-electron chi connectivity index (χ0n) is 13.7. The predicted octanol–water partition coefficient (Wildman–Crippen LogP) is 1.14. The fourth-order valence-electron chi connectivity index (χ4n) is 2.94. The van der Waals surface area contributed by atoms with Crippen molar-refractivity contribution in [2.24, 2.45) is 0 Å². The molecule has 0 aliphatic carbocycles. The van der Waals surface area contributed by atoms with Crippen LogP contribution < -0.4 is 5.32 Å². The number of piperidine rings is 1. The van der Waals surface area contributed by atoms with Crippen molar-refractivity contribution in [1.82, 2.24) is 20.2 Å². The highest BCUT2D eigenvalue weighted by atomic mass is 32.1. The Kier molecular flexibility index (Phi) is 5.55. The molecule has 3 rings (SSSR count). The van der Waals surface area contributed by atoms with E-state index in [1.165, 1.54) is 0 Å². The number of aliphatic hydroxyl groups is 1. The van der Waals surface area contributed by atoms with E-state index < -0.39 is 6.10 Å². The predicted molar refractivity (Wildman–Crippen MR) is 92.6 cm³/mol. The van der Waals surface area contributed by atoms with Gasteiger partial charge < -0.3 is 10.4 Å². The lowest BCUT2D eigenvalue weighted by atomic mass is 10.0. The summed E-state index contributed by atoms with van der Waals surface area (Å²) >= 11 is 1.64. The summed E-state index contributed by atoms with van der Waals surface area (Å²) in [6.45, 7) is 4.12. The van der Waals surface area contributed by atoms with Crippen LogP contribution in [-0.2, 0) is 17.8 Å². The van der Waals surface area contributed by atoms with Crippen LogP contribution in [-0.4, -0.2) is 51.1 Å². The first-order chi connectivity index (χ1) is 11.6. The number of nitrogens with one attached hydrogen (secondary N) is 1. The molecule has 0 saturated carbocycles. The van der Waals surface area contributed by atoms with Crippen molar-refractivity contribution in [2.45, 2.75) is 38.5 Å². The second-order valence-corrected chi connectivity index (χ2v) is 7.18. The van der Waals surface area contributed by atoms with Gasteiger partial charge in [-0.1, -0.05) is 6.07 Å². The molecule has 1 aliphatic heterocycles. The van der Waals surface area contributed by atoms with Gasteiger partial charge in [-0.2, -0.15) is 0 Å². The number of aromatic nitrogens is 2. The molecule has 0 bridgehead atoms. The minimum Gasteiger partial charge on any atom is -0.390 e. The van der Waals surface area contributed by atoms with Crippen molar-refractivity contribution in [3.05, 3.63) is 46.2 Å². The molecule has 2 atom stereocenters. The van der Waals surface area contributed by atoms with Gasteiger partial charge in [-0.25, -0.2) is 4.98 Å². The third-order valence-corrected chi connectivity index (χ3v) is 4.95. The number of β-amino-alcohol motifs (C(OH)–C–C–N with tert-alkyl or cyclic N) is 1. The summed E-state index contributed by atoms with van der Waals surface area (Å²) in [5, 5.41) is 16.4. The van der Waals surface area contributed by atoms with Gasteiger partial charge in [0.2, 0.25) is 5.91 Å². The fraction of sp³-hybridized carbons (Fsp3) is 0.471. The summed E-state index contributed by atoms with van der Waals surface area (Å²) < 4.78 is 0. The van der Waals surface area contributed by atoms with Crippen molar-refractivity contribution in [2.75, 3.05) is 13.1 Å². The highest BCUT2D eigenvalue weighted by Gasteiger charge is 2.29. The van der Waals surface area contributed by atoms with Gasteiger partial charge in [0.05, 0.1) is 29.3 Å². The van der Waals surface area contributed by atoms with Crippen LogP contribution in [0.1, 0.15) is 22.8 Å². The lowest BCUT2D eigenvalue weighted by Gasteiger charge is -2.35. The topological polar surface area (TPSA) is 78.4 Å². The molecule has 128 valence electrons. The number of carbonyl (C=O) groups excluding carboxylic acids is 1. The van der Waals surface area contributed by atoms with Gasteiger partial charge >= 0.3 is 0 Å². The number of aliphatic hydroxyl groups excluding tert-OH is 1. The standard InChI is InChI=1S/C17H22N4O2S/c1-12-19-14(11-24-12)9-21-7-5-15(16(22)10-21)20-17(23)8-13-4-2-3-6-18-13/h2-4,6,11,15-16,22H,5,7-10H2,1H3,(H,20,23)/t15-,16-/m1/s1. The van der Waals surface area contributed by atoms with Gasteiger partial charge in [-0.15, -0.1) is 11.3 Å². The zero-order valence-corrected chi connectivity index (χ0v) is 14.5. The average Bonchev–Trinajstić information content (AvgIpc) is 2.96. The van der Waals surface area contributed by atoms with Crippen molar-refractivity contribution in [1.29, 1.82) is 0 Å². The molecular formula is C17H22N4O2S. The molecule has 1 amide bonds. The van der Waals surface area contributed by atoms with Crippen molar-refractivity contribution < 1.29 is 9.90 Å². The van der Waals surface area contributed by atoms with E-state index in [4.69, 9.17) is 0 Å². The van der Waals surface area contributed by atoms with Gasteiger partial charge in [-0.05, 0) is 25.5 Å². The number of nitrogens with zero attached hydrogens (tertiary/aromatic N) is 3. The van der Waals surface area contributed by atoms with Crippen LogP contribution in [0.4, 0.5) is 0 Å². The Labute approximate surface area is 145 Å². The van der Waals surface area contributed by atoms with E-state index >= 15 is 0 Å². The van der Waals surface area contributed by atoms with Crippen LogP contribution in [0.3, 0.4) is 0 Å². The number of hydrogen-bond acceptors (Lipinski definition) is 6. The van der Waals surface area contributed by atoms with Crippen molar-refractivity contribution in [3.63, 3.8) is 0 Å². The average molecular weight is 346 g/mol. The van der Waals surface area contributed by atoms with Gasteiger partial charge in [0, 0.05) is 36.9 Å². The van der Waals surface area contributed by atoms with Gasteiger partial charge in [0.1, 0.15) is 0 Å². The number of likely N-dealkylation sites (tertiary alicyclic amines) is 1. The lowest BCUT2D eigenvalue weighted by Crippen LogP contribution is -2.54. The van der Waals surface area contributed by atoms with E-state index in [9.17, 15) is 9.90 Å². The maximum atomic E-state index is 12.1. The Morgan fingerprint density at radius 1 is 1.46 bits per heavy atom. The highest BCUT2D eigenvalue weighted by Crippen LogP contribution is 2.16. The second kappa shape index (κ2) is 7.83. The molecule has 1 saturated heterocycles. The molecule has 0 spiro atoms. The number of carbonyl (C=O) groups is 1. The molecule has 2 aromatic heterocycles. The summed E-state index contributed by atoms with van der Waals surface area (Å²) in [5.74, 6) is -0.0960. The Morgan fingerprint density at radius 3 is 3.00 bits per heavy atom. The molecule has 24 heavy (non-hydrogen) atoms. The molecule has 1 fully saturated rings. The Morgan fingerprint density at radius 2 is 2.33 bits per heavy atom. The normalized spacial score (nSPS) is 21.6. The lowest BCUT2D eigenvalue weighted by molar-refractivity contribution is -0.122. The van der Waals surface area contributed by atoms with Crippen LogP contribution in [0.5, 0.6) is 0 Å². The van der Waals surface area contributed by atoms with E-state index in [-0.39, 0.29) is 18.4 Å². The van der Waals surface area contributed by atoms with E-state index in [0.29, 0.717) is 6.54 Å². The van der Waals surface area contributed by atoms with E-state index in [1.54, 1.807) is 17.5 Å². The smallest absolute Gasteiger partial charge is 0.226 e. The van der Waals surface area contributed by atoms with E-state index in [0.717, 1.165) is 35.9 Å². The molecule has 3 heterocycles. The largest absolute Gasteiger partial charge is 0.390 e. The zero-order chi connectivity index (χ0) is 16.9. The first-order valence-electron chi connectivity index (χ1n) is 8.11. The number of aryl methyl sites for hydroxylation is 1.